The Morgan fingerprint density at radius 3 is 2.67 bits per heavy atom. The van der Waals surface area contributed by atoms with E-state index in [0.717, 1.165) is 0 Å². The molecule has 2 aromatic carbocycles. The molecule has 0 radical (unpaired) electrons. The van der Waals surface area contributed by atoms with Crippen LogP contribution in [0.3, 0.4) is 0 Å². The third-order valence-electron chi connectivity index (χ3n) is 6.07. The van der Waals surface area contributed by atoms with E-state index in [1.165, 1.54) is 18.5 Å². The summed E-state index contributed by atoms with van der Waals surface area (Å²) in [5, 5.41) is 3.89. The Morgan fingerprint density at radius 2 is 1.97 bits per heavy atom. The molecule has 4 rings (SSSR count). The predicted octanol–water partition coefficient (Wildman–Crippen LogP) is 4.72. The summed E-state index contributed by atoms with van der Waals surface area (Å²) in [6.07, 6.45) is 2.73. The van der Waals surface area contributed by atoms with Gasteiger partial charge in [0, 0.05) is 63.8 Å². The molecule has 0 bridgehead atoms. The highest BCUT2D eigenvalue weighted by Gasteiger charge is 2.26. The Labute approximate surface area is 214 Å². The number of rotatable bonds is 8. The highest BCUT2D eigenvalue weighted by Crippen LogP contribution is 2.36. The molecule has 36 heavy (non-hydrogen) atoms. The summed E-state index contributed by atoms with van der Waals surface area (Å²) < 4.78 is 30.5. The first-order chi connectivity index (χ1) is 17.4. The van der Waals surface area contributed by atoms with Gasteiger partial charge in [0.25, 0.3) is 0 Å². The van der Waals surface area contributed by atoms with Crippen molar-refractivity contribution >= 4 is 40.0 Å². The number of anilines is 2. The molecule has 9 nitrogen and oxygen atoms in total. The molecule has 2 heterocycles. The Bertz CT molecular complexity index is 1220. The number of ether oxygens (including phenoxy) is 3. The number of urea groups is 1. The number of carbonyl (C=O) groups excluding carboxylic acids is 1. The van der Waals surface area contributed by atoms with Crippen LogP contribution in [0, 0.1) is 5.82 Å². The fraction of sp³-hybridized carbons (Fsp3) is 0.400. The largest absolute Gasteiger partial charge is 0.493 e. The van der Waals surface area contributed by atoms with Crippen LogP contribution in [0.25, 0.3) is 10.9 Å². The smallest absolute Gasteiger partial charge is 0.319 e. The highest BCUT2D eigenvalue weighted by molar-refractivity contribution is 6.31. The Kier molecular flexibility index (Phi) is 8.27. The molecule has 0 atom stereocenters. The topological polar surface area (TPSA) is 89.1 Å². The molecule has 2 amide bonds. The lowest BCUT2D eigenvalue weighted by Gasteiger charge is -2.34. The third-order valence-corrected chi connectivity index (χ3v) is 6.36. The minimum absolute atomic E-state index is 0.0115. The average Bonchev–Trinajstić information content (AvgIpc) is 2.89. The van der Waals surface area contributed by atoms with Gasteiger partial charge >= 0.3 is 6.03 Å². The van der Waals surface area contributed by atoms with E-state index in [0.29, 0.717) is 73.0 Å². The van der Waals surface area contributed by atoms with Crippen molar-refractivity contribution in [3.63, 3.8) is 0 Å². The van der Waals surface area contributed by atoms with E-state index in [2.05, 4.69) is 15.3 Å². The van der Waals surface area contributed by atoms with E-state index in [1.54, 1.807) is 38.3 Å². The molecular formula is C25H29ClFN5O4. The lowest BCUT2D eigenvalue weighted by Crippen LogP contribution is -2.47. The van der Waals surface area contributed by atoms with Gasteiger partial charge in [0.2, 0.25) is 0 Å². The van der Waals surface area contributed by atoms with Crippen LogP contribution in [0.15, 0.2) is 36.7 Å². The fourth-order valence-electron chi connectivity index (χ4n) is 4.04. The first-order valence-electron chi connectivity index (χ1n) is 11.6. The van der Waals surface area contributed by atoms with Crippen LogP contribution < -0.4 is 14.8 Å². The van der Waals surface area contributed by atoms with Gasteiger partial charge in [-0.25, -0.2) is 19.2 Å². The van der Waals surface area contributed by atoms with E-state index in [1.807, 2.05) is 11.0 Å². The normalized spacial score (nSPS) is 14.1. The Balaban J connectivity index is 1.49. The quantitative estimate of drug-likeness (QED) is 0.462. The first-order valence-corrected chi connectivity index (χ1v) is 12.0. The van der Waals surface area contributed by atoms with Crippen molar-refractivity contribution in [3.05, 3.63) is 47.5 Å². The van der Waals surface area contributed by atoms with Gasteiger partial charge in [-0.1, -0.05) is 11.6 Å². The number of benzene rings is 2. The van der Waals surface area contributed by atoms with Crippen molar-refractivity contribution in [2.75, 3.05) is 52.8 Å². The van der Waals surface area contributed by atoms with Gasteiger partial charge in [0.1, 0.15) is 24.1 Å². The van der Waals surface area contributed by atoms with E-state index < -0.39 is 5.82 Å². The summed E-state index contributed by atoms with van der Waals surface area (Å²) in [6.45, 7) is 2.23. The SMILES string of the molecule is COCCN(C)C(=O)N1CCC(Oc2cc3c(Nc4ccc(F)c(Cl)c4)ncnc3cc2OC)CC1. The lowest BCUT2D eigenvalue weighted by atomic mass is 10.1. The molecule has 1 N–H and O–H groups in total. The van der Waals surface area contributed by atoms with Gasteiger partial charge in [-0.3, -0.25) is 0 Å². The number of nitrogens with zero attached hydrogens (tertiary/aromatic N) is 4. The minimum Gasteiger partial charge on any atom is -0.493 e. The number of likely N-dealkylation sites (N-methyl/N-ethyl adjacent to an activating group) is 1. The van der Waals surface area contributed by atoms with Gasteiger partial charge in [-0.15, -0.1) is 0 Å². The van der Waals surface area contributed by atoms with Gasteiger partial charge in [0.05, 0.1) is 24.3 Å². The molecule has 0 unspecified atom stereocenters. The number of methoxy groups -OCH3 is 2. The number of nitrogens with one attached hydrogen (secondary N) is 1. The maximum atomic E-state index is 13.6. The number of hydrogen-bond donors (Lipinski definition) is 1. The summed E-state index contributed by atoms with van der Waals surface area (Å²) in [7, 11) is 4.97. The second-order valence-electron chi connectivity index (χ2n) is 8.50. The summed E-state index contributed by atoms with van der Waals surface area (Å²) in [5.74, 6) is 1.14. The Morgan fingerprint density at radius 1 is 1.19 bits per heavy atom. The number of aromatic nitrogens is 2. The van der Waals surface area contributed by atoms with Crippen LogP contribution in [-0.4, -0.2) is 79.4 Å². The lowest BCUT2D eigenvalue weighted by molar-refractivity contribution is 0.0910. The molecule has 1 aromatic heterocycles. The summed E-state index contributed by atoms with van der Waals surface area (Å²) in [5.41, 5.74) is 1.25. The van der Waals surface area contributed by atoms with Gasteiger partial charge in [-0.2, -0.15) is 0 Å². The summed E-state index contributed by atoms with van der Waals surface area (Å²) in [6, 6.07) is 7.97. The van der Waals surface area contributed by atoms with Gasteiger partial charge in [0.15, 0.2) is 11.5 Å². The second kappa shape index (κ2) is 11.6. The van der Waals surface area contributed by atoms with Gasteiger partial charge in [-0.05, 0) is 24.3 Å². The molecule has 11 heteroatoms. The zero-order valence-electron chi connectivity index (χ0n) is 20.5. The molecule has 0 spiro atoms. The fourth-order valence-corrected chi connectivity index (χ4v) is 4.22. The summed E-state index contributed by atoms with van der Waals surface area (Å²) >= 11 is 5.92. The zero-order chi connectivity index (χ0) is 25.7. The molecule has 1 aliphatic rings. The van der Waals surface area contributed by atoms with Crippen LogP contribution in [0.5, 0.6) is 11.5 Å². The molecule has 0 saturated carbocycles. The van der Waals surface area contributed by atoms with Crippen molar-refractivity contribution in [2.24, 2.45) is 0 Å². The number of fused-ring (bicyclic) bond motifs is 1. The van der Waals surface area contributed by atoms with Crippen molar-refractivity contribution in [1.29, 1.82) is 0 Å². The van der Waals surface area contributed by atoms with Crippen LogP contribution in [0.1, 0.15) is 12.8 Å². The second-order valence-corrected chi connectivity index (χ2v) is 8.90. The number of piperidine rings is 1. The van der Waals surface area contributed by atoms with Crippen LogP contribution in [0.2, 0.25) is 5.02 Å². The number of carbonyl (C=O) groups is 1. The van der Waals surface area contributed by atoms with Crippen molar-refractivity contribution in [3.8, 4) is 11.5 Å². The Hall–Kier alpha value is -3.37. The molecule has 1 aliphatic heterocycles. The molecule has 3 aromatic rings. The summed E-state index contributed by atoms with van der Waals surface area (Å²) in [4.78, 5) is 24.8. The first kappa shape index (κ1) is 25.7. The number of amides is 2. The number of hydrogen-bond acceptors (Lipinski definition) is 7. The highest BCUT2D eigenvalue weighted by atomic mass is 35.5. The average molecular weight is 518 g/mol. The zero-order valence-corrected chi connectivity index (χ0v) is 21.2. The number of halogens is 2. The molecule has 0 aliphatic carbocycles. The van der Waals surface area contributed by atoms with Crippen LogP contribution in [0.4, 0.5) is 20.7 Å². The molecule has 1 saturated heterocycles. The third kappa shape index (κ3) is 5.88. The van der Waals surface area contributed by atoms with Crippen LogP contribution >= 0.6 is 11.6 Å². The number of likely N-dealkylation sites (tertiary alicyclic amines) is 1. The monoisotopic (exact) mass is 517 g/mol. The van der Waals surface area contributed by atoms with E-state index in [-0.39, 0.29) is 17.2 Å². The predicted molar refractivity (Wildman–Crippen MR) is 136 cm³/mol. The van der Waals surface area contributed by atoms with Crippen LogP contribution in [-0.2, 0) is 4.74 Å². The van der Waals surface area contributed by atoms with Crippen molar-refractivity contribution in [2.45, 2.75) is 18.9 Å². The molecule has 192 valence electrons. The standard InChI is InChI=1S/C25H29ClFN5O4/c1-31(10-11-34-2)25(33)32-8-6-17(7-9-32)36-23-13-18-21(14-22(23)35-3)28-15-29-24(18)30-16-4-5-20(27)19(26)12-16/h4-5,12-15,17H,6-11H2,1-3H3,(H,28,29,30). The maximum Gasteiger partial charge on any atom is 0.319 e. The van der Waals surface area contributed by atoms with Gasteiger partial charge < -0.3 is 29.3 Å². The molecular weight excluding hydrogens is 489 g/mol. The van der Waals surface area contributed by atoms with E-state index >= 15 is 0 Å². The van der Waals surface area contributed by atoms with E-state index in [9.17, 15) is 9.18 Å². The van der Waals surface area contributed by atoms with Crippen molar-refractivity contribution < 1.29 is 23.4 Å². The molecule has 1 fully saturated rings. The van der Waals surface area contributed by atoms with Crippen molar-refractivity contribution in [1.82, 2.24) is 19.8 Å². The van der Waals surface area contributed by atoms with E-state index in [4.69, 9.17) is 25.8 Å². The minimum atomic E-state index is -0.496. The maximum absolute atomic E-state index is 13.6.